The molecule has 2 atom stereocenters. The third kappa shape index (κ3) is 8.96. The van der Waals surface area contributed by atoms with Gasteiger partial charge in [0.15, 0.2) is 0 Å². The fourth-order valence-electron chi connectivity index (χ4n) is 5.24. The zero-order valence-electron chi connectivity index (χ0n) is 24.2. The molecule has 2 N–H and O–H groups in total. The summed E-state index contributed by atoms with van der Waals surface area (Å²) in [5, 5.41) is 12.9. The molecule has 3 aromatic rings. The molecule has 0 saturated carbocycles. The summed E-state index contributed by atoms with van der Waals surface area (Å²) in [7, 11) is 1.96. The number of benzene rings is 3. The van der Waals surface area contributed by atoms with E-state index in [4.69, 9.17) is 4.74 Å². The molecule has 4 heteroatoms. The maximum atomic E-state index is 11.7. The summed E-state index contributed by atoms with van der Waals surface area (Å²) in [5.41, 5.74) is 6.93. The molecule has 4 nitrogen and oxygen atoms in total. The van der Waals surface area contributed by atoms with Crippen molar-refractivity contribution in [3.8, 4) is 16.9 Å². The molecule has 0 spiro atoms. The predicted molar refractivity (Wildman–Crippen MR) is 167 cm³/mol. The third-order valence-corrected chi connectivity index (χ3v) is 7.35. The maximum Gasteiger partial charge on any atom is 0.306 e. The number of hydrogen-bond donors (Lipinski definition) is 2. The van der Waals surface area contributed by atoms with Crippen LogP contribution in [0.3, 0.4) is 0 Å². The Kier molecular flexibility index (Phi) is 12.7. The van der Waals surface area contributed by atoms with Crippen LogP contribution in [-0.2, 0) is 24.1 Å². The first-order chi connectivity index (χ1) is 19.5. The first-order valence-corrected chi connectivity index (χ1v) is 14.6. The number of rotatable bonds is 18. The highest BCUT2D eigenvalue weighted by molar-refractivity contribution is 5.75. The molecule has 0 radical (unpaired) electrons. The minimum absolute atomic E-state index is 0.0946. The van der Waals surface area contributed by atoms with Gasteiger partial charge in [0.25, 0.3) is 0 Å². The Morgan fingerprint density at radius 1 is 0.925 bits per heavy atom. The molecule has 0 aliphatic rings. The lowest BCUT2D eigenvalue weighted by molar-refractivity contribution is -0.142. The number of carboxylic acids is 1. The van der Waals surface area contributed by atoms with Gasteiger partial charge in [-0.05, 0) is 92.1 Å². The molecule has 40 heavy (non-hydrogen) atoms. The van der Waals surface area contributed by atoms with Crippen LogP contribution < -0.4 is 10.1 Å². The van der Waals surface area contributed by atoms with E-state index in [-0.39, 0.29) is 12.0 Å². The van der Waals surface area contributed by atoms with E-state index < -0.39 is 5.97 Å². The second-order valence-corrected chi connectivity index (χ2v) is 10.4. The van der Waals surface area contributed by atoms with Gasteiger partial charge in [0.1, 0.15) is 11.9 Å². The number of aliphatic carboxylic acids is 1. The highest BCUT2D eigenvalue weighted by Crippen LogP contribution is 2.38. The number of ether oxygens (including phenoxy) is 1. The molecule has 3 rings (SSSR count). The summed E-state index contributed by atoms with van der Waals surface area (Å²) in [6.45, 7) is 10.8. The molecule has 0 aliphatic carbocycles. The monoisotopic (exact) mass is 539 g/mol. The number of aryl methyl sites for hydroxylation is 1. The Morgan fingerprint density at radius 2 is 1.60 bits per heavy atom. The third-order valence-electron chi connectivity index (χ3n) is 7.35. The van der Waals surface area contributed by atoms with Crippen LogP contribution in [-0.4, -0.2) is 24.7 Å². The Hall–Kier alpha value is -3.63. The summed E-state index contributed by atoms with van der Waals surface area (Å²) < 4.78 is 6.82. The Bertz CT molecular complexity index is 1230. The molecule has 0 saturated heterocycles. The van der Waals surface area contributed by atoms with Crippen LogP contribution in [0, 0.1) is 5.92 Å². The number of nitrogens with one attached hydrogen (secondary N) is 1. The van der Waals surface area contributed by atoms with Crippen molar-refractivity contribution in [2.45, 2.75) is 64.4 Å². The molecule has 0 fully saturated rings. The number of carbonyl (C=O) groups is 1. The summed E-state index contributed by atoms with van der Waals surface area (Å²) in [6, 6.07) is 23.4. The first kappa shape index (κ1) is 30.9. The fourth-order valence-corrected chi connectivity index (χ4v) is 5.24. The van der Waals surface area contributed by atoms with Crippen LogP contribution in [0.5, 0.6) is 5.75 Å². The zero-order chi connectivity index (χ0) is 28.7. The largest absolute Gasteiger partial charge is 0.485 e. The summed E-state index contributed by atoms with van der Waals surface area (Å²) in [6.07, 6.45) is 10.1. The number of hydrogen-bond acceptors (Lipinski definition) is 3. The summed E-state index contributed by atoms with van der Waals surface area (Å²) in [4.78, 5) is 11.7. The average Bonchev–Trinajstić information content (AvgIpc) is 2.96. The molecule has 2 unspecified atom stereocenters. The first-order valence-electron chi connectivity index (χ1n) is 14.6. The minimum Gasteiger partial charge on any atom is -0.485 e. The lowest BCUT2D eigenvalue weighted by atomic mass is 9.89. The maximum absolute atomic E-state index is 11.7. The fraction of sp³-hybridized carbons (Fsp3) is 0.361. The van der Waals surface area contributed by atoms with Crippen LogP contribution in [0.25, 0.3) is 11.1 Å². The SMILES string of the molecule is C=CCc1ccc(CCCC(CCC)C(=O)O)c(-c2cc(CC=C)ccc2OC(CCNC)c2ccccc2)c1. The van der Waals surface area contributed by atoms with Crippen molar-refractivity contribution in [2.24, 2.45) is 5.92 Å². The Balaban J connectivity index is 2.04. The molecule has 212 valence electrons. The highest BCUT2D eigenvalue weighted by atomic mass is 16.5. The van der Waals surface area contributed by atoms with Crippen LogP contribution >= 0.6 is 0 Å². The van der Waals surface area contributed by atoms with Gasteiger partial charge in [0, 0.05) is 12.0 Å². The van der Waals surface area contributed by atoms with Crippen molar-refractivity contribution in [2.75, 3.05) is 13.6 Å². The normalized spacial score (nSPS) is 12.4. The van der Waals surface area contributed by atoms with Crippen LogP contribution in [0.1, 0.15) is 67.4 Å². The second-order valence-electron chi connectivity index (χ2n) is 10.4. The van der Waals surface area contributed by atoms with E-state index in [0.29, 0.717) is 6.42 Å². The van der Waals surface area contributed by atoms with Crippen molar-refractivity contribution in [3.63, 3.8) is 0 Å². The highest BCUT2D eigenvalue weighted by Gasteiger charge is 2.20. The lowest BCUT2D eigenvalue weighted by Crippen LogP contribution is -2.16. The molecule has 0 aliphatic heterocycles. The van der Waals surface area contributed by atoms with Crippen LogP contribution in [0.2, 0.25) is 0 Å². The summed E-state index contributed by atoms with van der Waals surface area (Å²) in [5.74, 6) is -0.129. The van der Waals surface area contributed by atoms with Crippen molar-refractivity contribution in [1.82, 2.24) is 5.32 Å². The molecular weight excluding hydrogens is 494 g/mol. The lowest BCUT2D eigenvalue weighted by Gasteiger charge is -2.23. The van der Waals surface area contributed by atoms with Crippen molar-refractivity contribution < 1.29 is 14.6 Å². The topological polar surface area (TPSA) is 58.6 Å². The van der Waals surface area contributed by atoms with E-state index in [0.717, 1.165) is 73.9 Å². The molecular formula is C36H45NO3. The van der Waals surface area contributed by atoms with Gasteiger partial charge in [-0.3, -0.25) is 4.79 Å². The van der Waals surface area contributed by atoms with E-state index in [1.165, 1.54) is 16.7 Å². The van der Waals surface area contributed by atoms with Crippen molar-refractivity contribution in [3.05, 3.63) is 114 Å². The Morgan fingerprint density at radius 3 is 2.23 bits per heavy atom. The quantitative estimate of drug-likeness (QED) is 0.159. The molecule has 0 heterocycles. The average molecular weight is 540 g/mol. The smallest absolute Gasteiger partial charge is 0.306 e. The van der Waals surface area contributed by atoms with E-state index in [1.807, 2.05) is 32.2 Å². The molecule has 3 aromatic carbocycles. The van der Waals surface area contributed by atoms with E-state index >= 15 is 0 Å². The second kappa shape index (κ2) is 16.5. The van der Waals surface area contributed by atoms with Gasteiger partial charge in [0.2, 0.25) is 0 Å². The number of carboxylic acid groups (broad SMARTS) is 1. The molecule has 0 amide bonds. The molecule has 0 bridgehead atoms. The van der Waals surface area contributed by atoms with Crippen LogP contribution in [0.4, 0.5) is 0 Å². The van der Waals surface area contributed by atoms with Crippen LogP contribution in [0.15, 0.2) is 92.0 Å². The van der Waals surface area contributed by atoms with Gasteiger partial charge in [-0.25, -0.2) is 0 Å². The standard InChI is InChI=1S/C36H45NO3/c1-5-12-27-19-21-29(17-11-18-31(14-7-3)36(38)39)32(25-27)33-26-28(13-6-2)20-22-35(33)40-34(23-24-37-4)30-15-9-8-10-16-30/h5-6,8-10,15-16,19-22,25-26,31,34,37H,1-2,7,11-14,17-18,23-24H2,3-4H3,(H,38,39). The Labute approximate surface area is 240 Å². The van der Waals surface area contributed by atoms with Gasteiger partial charge < -0.3 is 15.2 Å². The van der Waals surface area contributed by atoms with Gasteiger partial charge in [-0.1, -0.05) is 80.1 Å². The van der Waals surface area contributed by atoms with E-state index in [1.54, 1.807) is 0 Å². The minimum atomic E-state index is -0.690. The van der Waals surface area contributed by atoms with Crippen molar-refractivity contribution in [1.29, 1.82) is 0 Å². The predicted octanol–water partition coefficient (Wildman–Crippen LogP) is 8.36. The molecule has 0 aromatic heterocycles. The van der Waals surface area contributed by atoms with Crippen molar-refractivity contribution >= 4 is 5.97 Å². The van der Waals surface area contributed by atoms with E-state index in [9.17, 15) is 9.90 Å². The zero-order valence-corrected chi connectivity index (χ0v) is 24.2. The van der Waals surface area contributed by atoms with Gasteiger partial charge in [0.05, 0.1) is 5.92 Å². The van der Waals surface area contributed by atoms with Gasteiger partial charge in [-0.2, -0.15) is 0 Å². The van der Waals surface area contributed by atoms with Gasteiger partial charge >= 0.3 is 5.97 Å². The van der Waals surface area contributed by atoms with Gasteiger partial charge in [-0.15, -0.1) is 13.2 Å². The van der Waals surface area contributed by atoms with E-state index in [2.05, 4.69) is 79.1 Å². The number of allylic oxidation sites excluding steroid dienone is 2. The summed E-state index contributed by atoms with van der Waals surface area (Å²) >= 11 is 0.